The lowest BCUT2D eigenvalue weighted by Gasteiger charge is -2.33. The Hall–Kier alpha value is -2.34. The average molecular weight is 398 g/mol. The fourth-order valence-electron chi connectivity index (χ4n) is 4.16. The molecular weight excluding hydrogens is 362 g/mol. The molecule has 158 valence electrons. The number of nitrogens with one attached hydrogen (secondary N) is 1. The first-order valence-corrected chi connectivity index (χ1v) is 10.6. The average Bonchev–Trinajstić information content (AvgIpc) is 3.10. The number of benzene rings is 1. The van der Waals surface area contributed by atoms with E-state index in [4.69, 9.17) is 4.74 Å². The smallest absolute Gasteiger partial charge is 0.193 e. The molecule has 0 amide bonds. The molecule has 2 atom stereocenters. The molecule has 6 heteroatoms. The van der Waals surface area contributed by atoms with Crippen molar-refractivity contribution in [2.45, 2.75) is 45.3 Å². The van der Waals surface area contributed by atoms with Gasteiger partial charge in [0.15, 0.2) is 5.96 Å². The molecule has 1 fully saturated rings. The van der Waals surface area contributed by atoms with E-state index in [1.807, 2.05) is 18.8 Å². The molecule has 6 nitrogen and oxygen atoms in total. The van der Waals surface area contributed by atoms with E-state index in [9.17, 15) is 0 Å². The fourth-order valence-corrected chi connectivity index (χ4v) is 4.16. The Morgan fingerprint density at radius 3 is 2.79 bits per heavy atom. The first-order valence-electron chi connectivity index (χ1n) is 10.6. The summed E-state index contributed by atoms with van der Waals surface area (Å²) in [5, 5.41) is 8.21. The van der Waals surface area contributed by atoms with Crippen molar-refractivity contribution in [3.8, 4) is 0 Å². The van der Waals surface area contributed by atoms with Gasteiger partial charge in [-0.2, -0.15) is 5.10 Å². The lowest BCUT2D eigenvalue weighted by Crippen LogP contribution is -2.42. The van der Waals surface area contributed by atoms with Crippen LogP contribution in [-0.4, -0.2) is 47.9 Å². The zero-order chi connectivity index (χ0) is 20.8. The number of rotatable bonds is 6. The summed E-state index contributed by atoms with van der Waals surface area (Å²) in [5.74, 6) is 1.74. The molecular formula is C23H35N5O. The summed E-state index contributed by atoms with van der Waals surface area (Å²) in [6.07, 6.45) is 4.52. The van der Waals surface area contributed by atoms with E-state index in [1.54, 1.807) is 0 Å². The molecule has 1 N–H and O–H groups in total. The van der Waals surface area contributed by atoms with Gasteiger partial charge >= 0.3 is 0 Å². The highest BCUT2D eigenvalue weighted by Crippen LogP contribution is 2.33. The van der Waals surface area contributed by atoms with E-state index >= 15 is 0 Å². The van der Waals surface area contributed by atoms with Crippen LogP contribution >= 0.6 is 0 Å². The van der Waals surface area contributed by atoms with E-state index in [0.717, 1.165) is 44.2 Å². The van der Waals surface area contributed by atoms with Crippen molar-refractivity contribution < 1.29 is 4.74 Å². The van der Waals surface area contributed by atoms with Gasteiger partial charge in [0.1, 0.15) is 0 Å². The number of aliphatic imine (C=N–C) groups is 1. The van der Waals surface area contributed by atoms with Crippen molar-refractivity contribution in [3.63, 3.8) is 0 Å². The molecule has 0 aliphatic carbocycles. The van der Waals surface area contributed by atoms with E-state index in [-0.39, 0.29) is 6.10 Å². The lowest BCUT2D eigenvalue weighted by atomic mass is 9.89. The van der Waals surface area contributed by atoms with Crippen LogP contribution in [0.15, 0.2) is 41.5 Å². The summed E-state index contributed by atoms with van der Waals surface area (Å²) in [6.45, 7) is 6.84. The first kappa shape index (κ1) is 21.4. The predicted molar refractivity (Wildman–Crippen MR) is 118 cm³/mol. The Labute approximate surface area is 175 Å². The monoisotopic (exact) mass is 397 g/mol. The Morgan fingerprint density at radius 2 is 2.10 bits per heavy atom. The summed E-state index contributed by atoms with van der Waals surface area (Å²) in [6, 6.07) is 10.6. The minimum absolute atomic E-state index is 0.145. The third kappa shape index (κ3) is 5.38. The molecule has 0 spiro atoms. The summed E-state index contributed by atoms with van der Waals surface area (Å²) in [5.41, 5.74) is 3.66. The highest BCUT2D eigenvalue weighted by Gasteiger charge is 2.27. The number of hydrogen-bond acceptors (Lipinski definition) is 3. The third-order valence-corrected chi connectivity index (χ3v) is 5.56. The third-order valence-electron chi connectivity index (χ3n) is 5.56. The fraction of sp³-hybridized carbons (Fsp3) is 0.565. The Balaban J connectivity index is 1.63. The largest absolute Gasteiger partial charge is 0.373 e. The van der Waals surface area contributed by atoms with Gasteiger partial charge in [0.2, 0.25) is 0 Å². The highest BCUT2D eigenvalue weighted by atomic mass is 16.5. The number of hydrogen-bond donors (Lipinski definition) is 1. The van der Waals surface area contributed by atoms with Gasteiger partial charge in [0, 0.05) is 58.5 Å². The van der Waals surface area contributed by atoms with Gasteiger partial charge in [-0.05, 0) is 24.3 Å². The maximum absolute atomic E-state index is 6.14. The second-order valence-electron chi connectivity index (χ2n) is 8.26. The molecule has 2 aromatic rings. The van der Waals surface area contributed by atoms with Gasteiger partial charge in [0.25, 0.3) is 0 Å². The molecule has 1 aliphatic rings. The number of guanidine groups is 1. The van der Waals surface area contributed by atoms with Crippen LogP contribution in [0.3, 0.4) is 0 Å². The van der Waals surface area contributed by atoms with Crippen LogP contribution in [0, 0.1) is 5.92 Å². The van der Waals surface area contributed by atoms with Crippen molar-refractivity contribution in [1.29, 1.82) is 0 Å². The molecule has 1 aliphatic heterocycles. The maximum atomic E-state index is 6.14. The number of aryl methyl sites for hydroxylation is 1. The quantitative estimate of drug-likeness (QED) is 0.596. The zero-order valence-corrected chi connectivity index (χ0v) is 18.4. The molecule has 1 aromatic heterocycles. The standard InChI is InChI=1S/C23H35N5O/c1-17(2)21-20(16-28(5)26-21)15-27(4)23(24-3)25-14-19-12-9-13-29-22(19)18-10-7-6-8-11-18/h6-8,10-11,16-17,19,22H,9,12-15H2,1-5H3,(H,24,25). The molecule has 1 aromatic carbocycles. The van der Waals surface area contributed by atoms with E-state index < -0.39 is 0 Å². The minimum Gasteiger partial charge on any atom is -0.373 e. The predicted octanol–water partition coefficient (Wildman–Crippen LogP) is 3.72. The van der Waals surface area contributed by atoms with Crippen molar-refractivity contribution in [1.82, 2.24) is 20.0 Å². The van der Waals surface area contributed by atoms with Crippen LogP contribution < -0.4 is 5.32 Å². The Bertz CT molecular complexity index is 799. The molecule has 2 heterocycles. The molecule has 2 unspecified atom stereocenters. The van der Waals surface area contributed by atoms with E-state index in [0.29, 0.717) is 11.8 Å². The van der Waals surface area contributed by atoms with Crippen molar-refractivity contribution >= 4 is 5.96 Å². The molecule has 1 saturated heterocycles. The summed E-state index contributed by atoms with van der Waals surface area (Å²) in [7, 11) is 5.91. The van der Waals surface area contributed by atoms with Crippen LogP contribution in [0.25, 0.3) is 0 Å². The minimum atomic E-state index is 0.145. The normalized spacial score (nSPS) is 20.1. The van der Waals surface area contributed by atoms with Crippen LogP contribution in [0.1, 0.15) is 55.5 Å². The van der Waals surface area contributed by atoms with Gasteiger partial charge in [-0.1, -0.05) is 44.2 Å². The zero-order valence-electron chi connectivity index (χ0n) is 18.4. The van der Waals surface area contributed by atoms with Gasteiger partial charge in [-0.3, -0.25) is 9.67 Å². The van der Waals surface area contributed by atoms with Crippen LogP contribution in [0.5, 0.6) is 0 Å². The van der Waals surface area contributed by atoms with Gasteiger partial charge in [-0.15, -0.1) is 0 Å². The van der Waals surface area contributed by atoms with Gasteiger partial charge < -0.3 is 15.0 Å². The van der Waals surface area contributed by atoms with Crippen molar-refractivity contribution in [3.05, 3.63) is 53.3 Å². The first-order chi connectivity index (χ1) is 14.0. The van der Waals surface area contributed by atoms with Gasteiger partial charge in [-0.25, -0.2) is 0 Å². The molecule has 0 bridgehead atoms. The summed E-state index contributed by atoms with van der Waals surface area (Å²) >= 11 is 0. The van der Waals surface area contributed by atoms with Crippen molar-refractivity contribution in [2.75, 3.05) is 27.2 Å². The van der Waals surface area contributed by atoms with Crippen molar-refractivity contribution in [2.24, 2.45) is 18.0 Å². The Kier molecular flexibility index (Phi) is 7.31. The van der Waals surface area contributed by atoms with Crippen LogP contribution in [-0.2, 0) is 18.3 Å². The summed E-state index contributed by atoms with van der Waals surface area (Å²) < 4.78 is 8.04. The number of aromatic nitrogens is 2. The number of ether oxygens (including phenoxy) is 1. The van der Waals surface area contributed by atoms with E-state index in [2.05, 4.69) is 77.7 Å². The Morgan fingerprint density at radius 1 is 1.34 bits per heavy atom. The maximum Gasteiger partial charge on any atom is 0.193 e. The molecule has 3 rings (SSSR count). The SMILES string of the molecule is CN=C(NCC1CCCOC1c1ccccc1)N(C)Cc1cn(C)nc1C(C)C. The highest BCUT2D eigenvalue weighted by molar-refractivity contribution is 5.79. The summed E-state index contributed by atoms with van der Waals surface area (Å²) in [4.78, 5) is 6.68. The molecule has 0 radical (unpaired) electrons. The van der Waals surface area contributed by atoms with Crippen LogP contribution in [0.4, 0.5) is 0 Å². The lowest BCUT2D eigenvalue weighted by molar-refractivity contribution is -0.0266. The molecule has 0 saturated carbocycles. The van der Waals surface area contributed by atoms with Gasteiger partial charge in [0.05, 0.1) is 11.8 Å². The topological polar surface area (TPSA) is 54.7 Å². The number of nitrogens with zero attached hydrogens (tertiary/aromatic N) is 4. The second-order valence-corrected chi connectivity index (χ2v) is 8.26. The van der Waals surface area contributed by atoms with Crippen LogP contribution in [0.2, 0.25) is 0 Å². The molecule has 29 heavy (non-hydrogen) atoms. The van der Waals surface area contributed by atoms with E-state index in [1.165, 1.54) is 11.1 Å². The second kappa shape index (κ2) is 9.92.